The lowest BCUT2D eigenvalue weighted by atomic mass is 9.67. The molecule has 1 aromatic heterocycles. The predicted molar refractivity (Wildman–Crippen MR) is 86.9 cm³/mol. The summed E-state index contributed by atoms with van der Waals surface area (Å²) in [4.78, 5) is 4.27. The van der Waals surface area contributed by atoms with Crippen LogP contribution in [-0.4, -0.2) is 38.4 Å². The summed E-state index contributed by atoms with van der Waals surface area (Å²) in [7, 11) is 3.55. The van der Waals surface area contributed by atoms with Gasteiger partial charge in [-0.15, -0.1) is 0 Å². The van der Waals surface area contributed by atoms with Gasteiger partial charge in [-0.3, -0.25) is 4.99 Å². The fourth-order valence-corrected chi connectivity index (χ4v) is 2.78. The van der Waals surface area contributed by atoms with Crippen LogP contribution in [0.25, 0.3) is 0 Å². The number of aromatic nitrogens is 1. The maximum Gasteiger partial charge on any atom is 0.191 e. The van der Waals surface area contributed by atoms with Gasteiger partial charge in [0.1, 0.15) is 0 Å². The zero-order valence-corrected chi connectivity index (χ0v) is 13.9. The molecule has 1 aliphatic carbocycles. The van der Waals surface area contributed by atoms with Crippen molar-refractivity contribution in [3.8, 4) is 0 Å². The Hall–Kier alpha value is -1.56. The van der Waals surface area contributed by atoms with Gasteiger partial charge in [-0.2, -0.15) is 0 Å². The molecule has 0 aromatic carbocycles. The van der Waals surface area contributed by atoms with Gasteiger partial charge in [-0.25, -0.2) is 0 Å². The van der Waals surface area contributed by atoms with E-state index in [9.17, 15) is 0 Å². The van der Waals surface area contributed by atoms with Crippen molar-refractivity contribution in [2.75, 3.05) is 27.3 Å². The van der Waals surface area contributed by atoms with Crippen LogP contribution in [0.5, 0.6) is 0 Å². The third-order valence-corrected chi connectivity index (χ3v) is 4.51. The van der Waals surface area contributed by atoms with E-state index in [2.05, 4.69) is 27.7 Å². The molecule has 0 atom stereocenters. The average molecular weight is 308 g/mol. The molecule has 22 heavy (non-hydrogen) atoms. The van der Waals surface area contributed by atoms with Gasteiger partial charge in [0.2, 0.25) is 0 Å². The first-order valence-corrected chi connectivity index (χ1v) is 8.09. The van der Waals surface area contributed by atoms with Crippen LogP contribution >= 0.6 is 0 Å². The van der Waals surface area contributed by atoms with Crippen molar-refractivity contribution in [1.29, 1.82) is 0 Å². The number of aliphatic imine (C=N–C) groups is 1. The van der Waals surface area contributed by atoms with E-state index >= 15 is 0 Å². The molecule has 1 heterocycles. The number of nitrogens with zero attached hydrogens (tertiary/aromatic N) is 2. The summed E-state index contributed by atoms with van der Waals surface area (Å²) in [5, 5.41) is 10.7. The van der Waals surface area contributed by atoms with Gasteiger partial charge in [0.05, 0.1) is 12.2 Å². The average Bonchev–Trinajstić information content (AvgIpc) is 2.96. The molecular weight excluding hydrogens is 280 g/mol. The van der Waals surface area contributed by atoms with Crippen LogP contribution in [0.4, 0.5) is 0 Å². The monoisotopic (exact) mass is 308 g/mol. The number of hydrogen-bond acceptors (Lipinski definition) is 4. The summed E-state index contributed by atoms with van der Waals surface area (Å²) in [5.74, 6) is 1.63. The highest BCUT2D eigenvalue weighted by Gasteiger charge is 2.36. The van der Waals surface area contributed by atoms with E-state index in [4.69, 9.17) is 9.26 Å². The maximum atomic E-state index is 5.27. The van der Waals surface area contributed by atoms with E-state index < -0.39 is 0 Å². The van der Waals surface area contributed by atoms with Crippen LogP contribution in [0.2, 0.25) is 0 Å². The smallest absolute Gasteiger partial charge is 0.191 e. The molecular formula is C16H28N4O2. The topological polar surface area (TPSA) is 71.7 Å². The Balaban J connectivity index is 1.77. The van der Waals surface area contributed by atoms with Crippen molar-refractivity contribution >= 4 is 5.96 Å². The van der Waals surface area contributed by atoms with Crippen molar-refractivity contribution in [2.24, 2.45) is 10.4 Å². The summed E-state index contributed by atoms with van der Waals surface area (Å²) in [6.45, 7) is 4.42. The quantitative estimate of drug-likeness (QED) is 0.568. The SMILES string of the molecule is CCc1cc(CNC(=NC)NCC2(CCOC)CCC2)on1. The Labute approximate surface area is 132 Å². The Bertz CT molecular complexity index is 480. The predicted octanol–water partition coefficient (Wildman–Crippen LogP) is 2.11. The summed E-state index contributed by atoms with van der Waals surface area (Å²) in [6, 6.07) is 1.98. The molecule has 0 unspecified atom stereocenters. The van der Waals surface area contributed by atoms with Crippen LogP contribution in [0.3, 0.4) is 0 Å². The maximum absolute atomic E-state index is 5.27. The molecule has 0 radical (unpaired) electrons. The molecule has 0 aliphatic heterocycles. The van der Waals surface area contributed by atoms with E-state index in [1.54, 1.807) is 14.2 Å². The molecule has 1 saturated carbocycles. The molecule has 6 nitrogen and oxygen atoms in total. The van der Waals surface area contributed by atoms with Gasteiger partial charge >= 0.3 is 0 Å². The summed E-state index contributed by atoms with van der Waals surface area (Å²) < 4.78 is 10.5. The second kappa shape index (κ2) is 8.17. The Morgan fingerprint density at radius 2 is 2.27 bits per heavy atom. The van der Waals surface area contributed by atoms with Crippen molar-refractivity contribution in [3.05, 3.63) is 17.5 Å². The lowest BCUT2D eigenvalue weighted by molar-refractivity contribution is 0.0732. The number of hydrogen-bond donors (Lipinski definition) is 2. The van der Waals surface area contributed by atoms with E-state index in [-0.39, 0.29) is 0 Å². The normalized spacial score (nSPS) is 17.1. The number of aryl methyl sites for hydroxylation is 1. The first kappa shape index (κ1) is 16.8. The van der Waals surface area contributed by atoms with Crippen LogP contribution in [0, 0.1) is 5.41 Å². The molecule has 2 rings (SSSR count). The molecule has 0 saturated heterocycles. The Morgan fingerprint density at radius 3 is 2.82 bits per heavy atom. The standard InChI is InChI=1S/C16H28N4O2/c1-4-13-10-14(22-20-13)11-18-15(17-2)19-12-16(6-5-7-16)8-9-21-3/h10H,4-9,11-12H2,1-3H3,(H2,17,18,19). The largest absolute Gasteiger partial charge is 0.385 e. The van der Waals surface area contributed by atoms with E-state index in [0.29, 0.717) is 12.0 Å². The van der Waals surface area contributed by atoms with Gasteiger partial charge < -0.3 is 19.9 Å². The van der Waals surface area contributed by atoms with Crippen LogP contribution in [-0.2, 0) is 17.7 Å². The van der Waals surface area contributed by atoms with Gasteiger partial charge in [0.25, 0.3) is 0 Å². The Kier molecular flexibility index (Phi) is 6.24. The minimum absolute atomic E-state index is 0.370. The fraction of sp³-hybridized carbons (Fsp3) is 0.750. The highest BCUT2D eigenvalue weighted by molar-refractivity contribution is 5.79. The summed E-state index contributed by atoms with van der Waals surface area (Å²) >= 11 is 0. The molecule has 0 amide bonds. The number of methoxy groups -OCH3 is 1. The lowest BCUT2D eigenvalue weighted by Gasteiger charge is -2.42. The first-order chi connectivity index (χ1) is 10.7. The number of rotatable bonds is 8. The zero-order valence-electron chi connectivity index (χ0n) is 13.9. The van der Waals surface area contributed by atoms with Crippen molar-refractivity contribution in [2.45, 2.75) is 45.6 Å². The second-order valence-electron chi connectivity index (χ2n) is 6.01. The minimum atomic E-state index is 0.370. The minimum Gasteiger partial charge on any atom is -0.385 e. The highest BCUT2D eigenvalue weighted by atomic mass is 16.5. The molecule has 6 heteroatoms. The zero-order chi connectivity index (χ0) is 15.8. The third-order valence-electron chi connectivity index (χ3n) is 4.51. The number of nitrogens with one attached hydrogen (secondary N) is 2. The lowest BCUT2D eigenvalue weighted by Crippen LogP contribution is -2.46. The molecule has 2 N–H and O–H groups in total. The van der Waals surface area contributed by atoms with Gasteiger partial charge in [0.15, 0.2) is 11.7 Å². The van der Waals surface area contributed by atoms with Crippen LogP contribution < -0.4 is 10.6 Å². The molecule has 0 bridgehead atoms. The van der Waals surface area contributed by atoms with Crippen LogP contribution in [0.1, 0.15) is 44.1 Å². The van der Waals surface area contributed by atoms with Gasteiger partial charge in [-0.1, -0.05) is 18.5 Å². The summed E-state index contributed by atoms with van der Waals surface area (Å²) in [5.41, 5.74) is 1.35. The molecule has 1 fully saturated rings. The van der Waals surface area contributed by atoms with Crippen molar-refractivity contribution in [3.63, 3.8) is 0 Å². The van der Waals surface area contributed by atoms with E-state index in [0.717, 1.165) is 43.4 Å². The van der Waals surface area contributed by atoms with E-state index in [1.165, 1.54) is 19.3 Å². The molecule has 1 aliphatic rings. The molecule has 1 aromatic rings. The molecule has 124 valence electrons. The second-order valence-corrected chi connectivity index (χ2v) is 6.01. The number of ether oxygens (including phenoxy) is 1. The highest BCUT2D eigenvalue weighted by Crippen LogP contribution is 2.43. The summed E-state index contributed by atoms with van der Waals surface area (Å²) in [6.07, 6.45) is 5.84. The third kappa shape index (κ3) is 4.47. The van der Waals surface area contributed by atoms with Gasteiger partial charge in [-0.05, 0) is 31.1 Å². The first-order valence-electron chi connectivity index (χ1n) is 8.09. The van der Waals surface area contributed by atoms with Crippen molar-refractivity contribution in [1.82, 2.24) is 15.8 Å². The fourth-order valence-electron chi connectivity index (χ4n) is 2.78. The van der Waals surface area contributed by atoms with Gasteiger partial charge in [0, 0.05) is 33.4 Å². The Morgan fingerprint density at radius 1 is 1.45 bits per heavy atom. The molecule has 0 spiro atoms. The number of guanidine groups is 1. The van der Waals surface area contributed by atoms with Crippen molar-refractivity contribution < 1.29 is 9.26 Å². The van der Waals surface area contributed by atoms with E-state index in [1.807, 2.05) is 6.07 Å². The van der Waals surface area contributed by atoms with Crippen LogP contribution in [0.15, 0.2) is 15.6 Å².